The van der Waals surface area contributed by atoms with Crippen molar-refractivity contribution in [1.82, 2.24) is 24.3 Å². The zero-order chi connectivity index (χ0) is 24.1. The lowest BCUT2D eigenvalue weighted by Gasteiger charge is -2.15. The lowest BCUT2D eigenvalue weighted by atomic mass is 10.1. The van der Waals surface area contributed by atoms with Crippen molar-refractivity contribution in [2.75, 3.05) is 6.61 Å². The SMILES string of the molecule is CC1(C)OC[C@@H](c2nc(Cn3nc4ccc(-c5ccc(OC(F)(F)F)cc5)cn4c3=O)no2)O1. The molecule has 1 aromatic carbocycles. The molecule has 0 N–H and O–H groups in total. The van der Waals surface area contributed by atoms with Crippen molar-refractivity contribution in [1.29, 1.82) is 0 Å². The van der Waals surface area contributed by atoms with Gasteiger partial charge >= 0.3 is 12.1 Å². The first-order valence-electron chi connectivity index (χ1n) is 10.2. The van der Waals surface area contributed by atoms with Gasteiger partial charge in [0.05, 0.1) is 6.61 Å². The number of nitrogens with zero attached hydrogens (tertiary/aromatic N) is 5. The van der Waals surface area contributed by atoms with Crippen LogP contribution in [-0.4, -0.2) is 43.1 Å². The monoisotopic (exact) mass is 477 g/mol. The second kappa shape index (κ2) is 7.95. The fourth-order valence-electron chi connectivity index (χ4n) is 3.55. The summed E-state index contributed by atoms with van der Waals surface area (Å²) in [6.45, 7) is 3.80. The first-order chi connectivity index (χ1) is 16.1. The Morgan fingerprint density at radius 2 is 1.88 bits per heavy atom. The molecule has 10 nitrogen and oxygen atoms in total. The van der Waals surface area contributed by atoms with Gasteiger partial charge in [-0.3, -0.25) is 0 Å². The van der Waals surface area contributed by atoms with E-state index in [-0.39, 0.29) is 30.6 Å². The van der Waals surface area contributed by atoms with Crippen molar-refractivity contribution in [2.24, 2.45) is 0 Å². The van der Waals surface area contributed by atoms with E-state index >= 15 is 0 Å². The van der Waals surface area contributed by atoms with E-state index in [1.807, 2.05) is 0 Å². The fraction of sp³-hybridized carbons (Fsp3) is 0.333. The summed E-state index contributed by atoms with van der Waals surface area (Å²) >= 11 is 0. The fourth-order valence-corrected chi connectivity index (χ4v) is 3.55. The summed E-state index contributed by atoms with van der Waals surface area (Å²) in [5.41, 5.74) is 1.14. The van der Waals surface area contributed by atoms with Crippen LogP contribution >= 0.6 is 0 Å². The summed E-state index contributed by atoms with van der Waals surface area (Å²) in [4.78, 5) is 17.1. The van der Waals surface area contributed by atoms with Crippen LogP contribution in [0.25, 0.3) is 16.8 Å². The molecule has 0 spiro atoms. The lowest BCUT2D eigenvalue weighted by molar-refractivity contribution is -0.274. The van der Waals surface area contributed by atoms with E-state index in [1.54, 1.807) is 32.2 Å². The molecule has 13 heteroatoms. The standard InChI is InChI=1S/C21H18F3N5O5/c1-20(2)31-11-15(33-20)18-25-16(27-34-18)10-29-19(30)28-9-13(5-8-17(28)26-29)12-3-6-14(7-4-12)32-21(22,23)24/h3-9,15H,10-11H2,1-2H3/t15-/m0/s1. The van der Waals surface area contributed by atoms with Crippen molar-refractivity contribution in [3.8, 4) is 16.9 Å². The highest BCUT2D eigenvalue weighted by atomic mass is 19.4. The van der Waals surface area contributed by atoms with Crippen LogP contribution in [0, 0.1) is 0 Å². The van der Waals surface area contributed by atoms with Crippen molar-refractivity contribution in [3.63, 3.8) is 0 Å². The highest BCUT2D eigenvalue weighted by Gasteiger charge is 2.37. The molecule has 1 fully saturated rings. The lowest BCUT2D eigenvalue weighted by Crippen LogP contribution is -2.22. The third-order valence-electron chi connectivity index (χ3n) is 5.06. The zero-order valence-corrected chi connectivity index (χ0v) is 17.9. The number of hydrogen-bond acceptors (Lipinski definition) is 8. The van der Waals surface area contributed by atoms with Crippen LogP contribution in [0.1, 0.15) is 31.7 Å². The highest BCUT2D eigenvalue weighted by molar-refractivity contribution is 5.65. The van der Waals surface area contributed by atoms with E-state index in [9.17, 15) is 18.0 Å². The molecular weight excluding hydrogens is 459 g/mol. The molecule has 0 bridgehead atoms. The van der Waals surface area contributed by atoms with E-state index in [0.29, 0.717) is 16.8 Å². The first kappa shape index (κ1) is 22.1. The normalized spacial score (nSPS) is 18.0. The Labute approximate surface area is 189 Å². The van der Waals surface area contributed by atoms with Crippen LogP contribution in [0.15, 0.2) is 51.9 Å². The van der Waals surface area contributed by atoms with E-state index in [4.69, 9.17) is 14.0 Å². The topological polar surface area (TPSA) is 106 Å². The summed E-state index contributed by atoms with van der Waals surface area (Å²) in [5.74, 6) is -0.590. The van der Waals surface area contributed by atoms with Crippen molar-refractivity contribution in [2.45, 2.75) is 38.6 Å². The molecule has 178 valence electrons. The summed E-state index contributed by atoms with van der Waals surface area (Å²) < 4.78 is 59.9. The number of halogens is 3. The molecule has 0 unspecified atom stereocenters. The molecule has 1 aliphatic rings. The Morgan fingerprint density at radius 3 is 2.56 bits per heavy atom. The highest BCUT2D eigenvalue weighted by Crippen LogP contribution is 2.32. The molecule has 3 aromatic heterocycles. The molecule has 1 aliphatic heterocycles. The Morgan fingerprint density at radius 1 is 1.15 bits per heavy atom. The number of benzene rings is 1. The number of rotatable bonds is 5. The average molecular weight is 477 g/mol. The van der Waals surface area contributed by atoms with E-state index < -0.39 is 23.9 Å². The van der Waals surface area contributed by atoms with Gasteiger partial charge in [0.25, 0.3) is 5.89 Å². The number of pyridine rings is 1. The Balaban J connectivity index is 1.36. The minimum Gasteiger partial charge on any atom is -0.406 e. The maximum atomic E-state index is 12.9. The van der Waals surface area contributed by atoms with Crippen LogP contribution in [0.4, 0.5) is 13.2 Å². The maximum absolute atomic E-state index is 12.9. The molecule has 1 atom stereocenters. The van der Waals surface area contributed by atoms with Gasteiger partial charge in [-0.15, -0.1) is 18.3 Å². The third-order valence-corrected chi connectivity index (χ3v) is 5.06. The van der Waals surface area contributed by atoms with Crippen molar-refractivity contribution in [3.05, 3.63) is 64.8 Å². The summed E-state index contributed by atoms with van der Waals surface area (Å²) in [6, 6.07) is 8.67. The molecule has 5 rings (SSSR count). The van der Waals surface area contributed by atoms with Gasteiger partial charge in [0.1, 0.15) is 12.3 Å². The number of hydrogen-bond donors (Lipinski definition) is 0. The predicted molar refractivity (Wildman–Crippen MR) is 109 cm³/mol. The van der Waals surface area contributed by atoms with Crippen LogP contribution in [0.5, 0.6) is 5.75 Å². The van der Waals surface area contributed by atoms with Gasteiger partial charge in [-0.1, -0.05) is 17.3 Å². The number of alkyl halides is 3. The molecule has 1 saturated heterocycles. The molecule has 4 aromatic rings. The summed E-state index contributed by atoms with van der Waals surface area (Å²) in [5, 5.41) is 8.16. The van der Waals surface area contributed by atoms with Gasteiger partial charge in [-0.2, -0.15) is 4.98 Å². The van der Waals surface area contributed by atoms with E-state index in [1.165, 1.54) is 33.3 Å². The van der Waals surface area contributed by atoms with Gasteiger partial charge in [0.15, 0.2) is 23.4 Å². The molecule has 0 aliphatic carbocycles. The minimum absolute atomic E-state index is 0.0280. The summed E-state index contributed by atoms with van der Waals surface area (Å²) in [6.07, 6.45) is -3.71. The summed E-state index contributed by atoms with van der Waals surface area (Å²) in [7, 11) is 0. The molecule has 0 amide bonds. The van der Waals surface area contributed by atoms with E-state index in [0.717, 1.165) is 0 Å². The van der Waals surface area contributed by atoms with Crippen LogP contribution in [0.2, 0.25) is 0 Å². The molecule has 0 radical (unpaired) electrons. The Kier molecular flexibility index (Phi) is 5.17. The third kappa shape index (κ3) is 4.52. The van der Waals surface area contributed by atoms with Gasteiger partial charge in [0.2, 0.25) is 0 Å². The van der Waals surface area contributed by atoms with Gasteiger partial charge in [-0.05, 0) is 49.2 Å². The molecule has 34 heavy (non-hydrogen) atoms. The Bertz CT molecular complexity index is 1390. The number of fused-ring (bicyclic) bond motifs is 1. The van der Waals surface area contributed by atoms with Gasteiger partial charge in [-0.25, -0.2) is 13.9 Å². The predicted octanol–water partition coefficient (Wildman–Crippen LogP) is 3.32. The second-order valence-electron chi connectivity index (χ2n) is 8.02. The minimum atomic E-state index is -4.77. The van der Waals surface area contributed by atoms with Crippen LogP contribution < -0.4 is 10.4 Å². The average Bonchev–Trinajstić information content (AvgIpc) is 3.46. The molecular formula is C21H18F3N5O5. The molecule has 0 saturated carbocycles. The number of aromatic nitrogens is 5. The van der Waals surface area contributed by atoms with Crippen molar-refractivity contribution < 1.29 is 31.9 Å². The quantitative estimate of drug-likeness (QED) is 0.431. The van der Waals surface area contributed by atoms with Crippen molar-refractivity contribution >= 4 is 5.65 Å². The largest absolute Gasteiger partial charge is 0.573 e. The number of ether oxygens (including phenoxy) is 3. The van der Waals surface area contributed by atoms with Crippen LogP contribution in [-0.2, 0) is 16.0 Å². The van der Waals surface area contributed by atoms with E-state index in [2.05, 4.69) is 20.0 Å². The smallest absolute Gasteiger partial charge is 0.406 e. The zero-order valence-electron chi connectivity index (χ0n) is 17.9. The van der Waals surface area contributed by atoms with Gasteiger partial charge < -0.3 is 18.7 Å². The first-order valence-corrected chi connectivity index (χ1v) is 10.2. The van der Waals surface area contributed by atoms with Gasteiger partial charge in [0, 0.05) is 6.20 Å². The molecule has 4 heterocycles. The maximum Gasteiger partial charge on any atom is 0.573 e. The Hall–Kier alpha value is -3.71. The second-order valence-corrected chi connectivity index (χ2v) is 8.02. The van der Waals surface area contributed by atoms with Crippen LogP contribution in [0.3, 0.4) is 0 Å².